The number of rotatable bonds is 1. The summed E-state index contributed by atoms with van der Waals surface area (Å²) in [5.41, 5.74) is 8.68. The van der Waals surface area contributed by atoms with Gasteiger partial charge >= 0.3 is 67.4 Å². The molecule has 0 amide bonds. The fourth-order valence-corrected chi connectivity index (χ4v) is 5.99. The summed E-state index contributed by atoms with van der Waals surface area (Å²) in [6.45, 7) is 15.7. The van der Waals surface area contributed by atoms with Crippen LogP contribution in [-0.2, 0) is 30.0 Å². The number of halogens is 2. The molecule has 2 aliphatic carbocycles. The molecule has 3 aromatic rings. The second kappa shape index (κ2) is 14.5. The van der Waals surface area contributed by atoms with Gasteiger partial charge in [-0.1, -0.05) is 65.8 Å². The molecule has 0 aromatic heterocycles. The zero-order valence-corrected chi connectivity index (χ0v) is 27.3. The van der Waals surface area contributed by atoms with E-state index in [2.05, 4.69) is 170 Å². The van der Waals surface area contributed by atoms with Crippen LogP contribution in [0.15, 0.2) is 91.1 Å². The topological polar surface area (TPSA) is 0 Å². The van der Waals surface area contributed by atoms with Gasteiger partial charge in [0.15, 0.2) is 0 Å². The van der Waals surface area contributed by atoms with Crippen LogP contribution < -0.4 is 5.19 Å². The minimum absolute atomic E-state index is 0. The van der Waals surface area contributed by atoms with E-state index in [4.69, 9.17) is 0 Å². The molecule has 0 saturated carbocycles. The number of hydrogen-bond acceptors (Lipinski definition) is 0. The third-order valence-corrected chi connectivity index (χ3v) is 9.08. The van der Waals surface area contributed by atoms with E-state index in [1.54, 1.807) is 0 Å². The Balaban J connectivity index is 0.000000275. The summed E-state index contributed by atoms with van der Waals surface area (Å²) >= 11 is 2.31. The van der Waals surface area contributed by atoms with Gasteiger partial charge in [-0.15, -0.1) is 72.4 Å². The van der Waals surface area contributed by atoms with Gasteiger partial charge in [-0.05, 0) is 10.8 Å². The fraction of sp³-hybridized carbons (Fsp3) is 0.273. The maximum absolute atomic E-state index is 2.31. The Hall–Kier alpha value is -1.61. The fourth-order valence-electron chi connectivity index (χ4n) is 4.52. The van der Waals surface area contributed by atoms with Gasteiger partial charge in [-0.25, -0.2) is 0 Å². The molecule has 0 nitrogen and oxygen atoms in total. The molecule has 3 aromatic carbocycles. The minimum Gasteiger partial charge on any atom is -0.168 e. The first-order valence-electron chi connectivity index (χ1n) is 12.4. The van der Waals surface area contributed by atoms with E-state index >= 15 is 0 Å². The molecule has 4 heteroatoms. The molecule has 0 radical (unpaired) electrons. The second-order valence-corrected chi connectivity index (χ2v) is 16.0. The summed E-state index contributed by atoms with van der Waals surface area (Å²) in [6.07, 6.45) is 17.2. The molecule has 0 bridgehead atoms. The molecule has 0 saturated heterocycles. The Morgan fingerprint density at radius 2 is 1.08 bits per heavy atom. The standard InChI is InChI=1S/2C13H15.C7H8Si.2ClH.Ti/c2*1-10-8-11-6-4-5-7-13(2,3)12(11)9-10;1-8-7-5-3-2-4-6-7;;;/h2*4-9H,1-3H3;2-6H,1H3;2*1H;/q2*-1;;;;+2. The van der Waals surface area contributed by atoms with Gasteiger partial charge in [0, 0.05) is 0 Å². The largest absolute Gasteiger partial charge is 0.168 e. The molecule has 0 spiro atoms. The summed E-state index contributed by atoms with van der Waals surface area (Å²) in [5, 5.41) is 1.52. The maximum atomic E-state index is 2.31. The minimum atomic E-state index is -0.212. The predicted octanol–water partition coefficient (Wildman–Crippen LogP) is 9.05. The number of aryl methyl sites for hydroxylation is 2. The molecule has 0 fully saturated rings. The summed E-state index contributed by atoms with van der Waals surface area (Å²) < 4.78 is 0. The van der Waals surface area contributed by atoms with Crippen LogP contribution in [0.1, 0.15) is 61.1 Å². The summed E-state index contributed by atoms with van der Waals surface area (Å²) in [5.74, 6) is 0. The number of benzene rings is 1. The second-order valence-electron chi connectivity index (χ2n) is 10.7. The molecule has 37 heavy (non-hydrogen) atoms. The summed E-state index contributed by atoms with van der Waals surface area (Å²) in [6, 6.07) is 19.8. The van der Waals surface area contributed by atoms with E-state index in [1.165, 1.54) is 38.6 Å². The van der Waals surface area contributed by atoms with Crippen molar-refractivity contribution in [2.24, 2.45) is 0 Å². The van der Waals surface area contributed by atoms with Crippen molar-refractivity contribution in [3.63, 3.8) is 0 Å². The molecular formula is C33H40Cl2SiTi. The Labute approximate surface area is 249 Å². The van der Waals surface area contributed by atoms with Crippen molar-refractivity contribution >= 4 is 48.3 Å². The third kappa shape index (κ3) is 9.27. The number of fused-ring (bicyclic) bond motifs is 2. The smallest absolute Gasteiger partial charge is 0.0337 e. The van der Waals surface area contributed by atoms with E-state index in [1.807, 2.05) is 0 Å². The summed E-state index contributed by atoms with van der Waals surface area (Å²) in [7, 11) is 0. The molecule has 0 aliphatic heterocycles. The Bertz CT molecular complexity index is 1200. The van der Waals surface area contributed by atoms with Crippen molar-refractivity contribution in [1.29, 1.82) is 0 Å². The Kier molecular flexibility index (Phi) is 13.1. The van der Waals surface area contributed by atoms with Crippen molar-refractivity contribution in [1.82, 2.24) is 0 Å². The van der Waals surface area contributed by atoms with Crippen LogP contribution in [0.5, 0.6) is 0 Å². The van der Waals surface area contributed by atoms with Crippen molar-refractivity contribution in [3.8, 4) is 0 Å². The zero-order chi connectivity index (χ0) is 25.6. The average molecular weight is 584 g/mol. The zero-order valence-electron chi connectivity index (χ0n) is 23.1. The van der Waals surface area contributed by atoms with Gasteiger partial charge in [0.25, 0.3) is 0 Å². The van der Waals surface area contributed by atoms with E-state index in [0.29, 0.717) is 0 Å². The average Bonchev–Trinajstić information content (AvgIpc) is 3.31. The molecule has 194 valence electrons. The monoisotopic (exact) mass is 582 g/mol. The van der Waals surface area contributed by atoms with Crippen LogP contribution in [-0.4, -0.2) is 6.19 Å². The molecule has 2 aliphatic rings. The van der Waals surface area contributed by atoms with Gasteiger partial charge in [0.2, 0.25) is 0 Å². The van der Waals surface area contributed by atoms with Crippen LogP contribution >= 0.6 is 24.8 Å². The normalized spacial score (nSPS) is 15.2. The Morgan fingerprint density at radius 3 is 1.43 bits per heavy atom. The molecule has 5 rings (SSSR count). The van der Waals surface area contributed by atoms with Gasteiger partial charge < -0.3 is 0 Å². The van der Waals surface area contributed by atoms with E-state index in [9.17, 15) is 0 Å². The van der Waals surface area contributed by atoms with Gasteiger partial charge in [-0.3, -0.25) is 0 Å². The Morgan fingerprint density at radius 1 is 0.676 bits per heavy atom. The van der Waals surface area contributed by atoms with E-state index < -0.39 is 0 Å². The van der Waals surface area contributed by atoms with Gasteiger partial charge in [0.05, 0.1) is 0 Å². The number of allylic oxidation sites excluding steroid dienone is 6. The quantitative estimate of drug-likeness (QED) is 0.198. The predicted molar refractivity (Wildman–Crippen MR) is 168 cm³/mol. The molecule has 0 atom stereocenters. The van der Waals surface area contributed by atoms with Gasteiger partial charge in [-0.2, -0.15) is 34.4 Å². The molecular weight excluding hydrogens is 543 g/mol. The molecule has 0 N–H and O–H groups in total. The number of hydrogen-bond donors (Lipinski definition) is 0. The first-order valence-corrected chi connectivity index (χ1v) is 16.7. The van der Waals surface area contributed by atoms with Crippen molar-refractivity contribution in [2.45, 2.75) is 58.9 Å². The van der Waals surface area contributed by atoms with E-state index in [0.717, 1.165) is 0 Å². The third-order valence-electron chi connectivity index (χ3n) is 6.53. The van der Waals surface area contributed by atoms with Crippen LogP contribution in [0.25, 0.3) is 12.2 Å². The van der Waals surface area contributed by atoms with E-state index in [-0.39, 0.29) is 41.8 Å². The van der Waals surface area contributed by atoms with Crippen LogP contribution in [0.3, 0.4) is 0 Å². The van der Waals surface area contributed by atoms with Crippen LogP contribution in [0, 0.1) is 13.8 Å². The van der Waals surface area contributed by atoms with Crippen molar-refractivity contribution < 1.29 is 19.2 Å². The first kappa shape index (κ1) is 33.4. The van der Waals surface area contributed by atoms with Gasteiger partial charge in [0.1, 0.15) is 0 Å². The first-order chi connectivity index (χ1) is 16.5. The molecule has 0 heterocycles. The van der Waals surface area contributed by atoms with Crippen LogP contribution in [0.2, 0.25) is 6.55 Å². The SMILES string of the molecule is C[Si](=[Ti+2])c1ccccc1.Cc1cc2c([cH-]1)C=CC=CC2(C)C.Cc1cc2c([cH-]1)C=CC=CC2(C)C.Cl.Cl. The maximum Gasteiger partial charge on any atom is -0.0337 e. The molecule has 0 unspecified atom stereocenters. The van der Waals surface area contributed by atoms with Crippen LogP contribution in [0.4, 0.5) is 0 Å². The van der Waals surface area contributed by atoms with Crippen molar-refractivity contribution in [3.05, 3.63) is 124 Å². The summed E-state index contributed by atoms with van der Waals surface area (Å²) in [4.78, 5) is 0. The van der Waals surface area contributed by atoms with Crippen molar-refractivity contribution in [2.75, 3.05) is 0 Å².